The molecule has 0 aliphatic heterocycles. The Labute approximate surface area is 107 Å². The van der Waals surface area contributed by atoms with Gasteiger partial charge in [0.2, 0.25) is 0 Å². The third-order valence-electron chi connectivity index (χ3n) is 2.55. The van der Waals surface area contributed by atoms with Crippen LogP contribution >= 0.6 is 0 Å². The van der Waals surface area contributed by atoms with Gasteiger partial charge in [-0.15, -0.1) is 0 Å². The van der Waals surface area contributed by atoms with Gasteiger partial charge in [-0.05, 0) is 19.4 Å². The third-order valence-corrected chi connectivity index (χ3v) is 2.55. The van der Waals surface area contributed by atoms with Crippen molar-refractivity contribution < 1.29 is 5.11 Å². The number of nitrogens with one attached hydrogen (secondary N) is 1. The van der Waals surface area contributed by atoms with Crippen molar-refractivity contribution in [2.75, 3.05) is 11.9 Å². The number of rotatable bonds is 5. The lowest BCUT2D eigenvalue weighted by molar-refractivity contribution is 0.0945. The number of anilines is 1. The Morgan fingerprint density at radius 2 is 2.00 bits per heavy atom. The van der Waals surface area contributed by atoms with Crippen LogP contribution in [0.4, 0.5) is 5.69 Å². The van der Waals surface area contributed by atoms with Crippen molar-refractivity contribution in [1.29, 1.82) is 0 Å². The first-order valence-electron chi connectivity index (χ1n) is 6.05. The van der Waals surface area contributed by atoms with Crippen LogP contribution in [0.15, 0.2) is 42.7 Å². The molecule has 0 atom stereocenters. The van der Waals surface area contributed by atoms with Gasteiger partial charge in [0.15, 0.2) is 0 Å². The Bertz CT molecular complexity index is 485. The van der Waals surface area contributed by atoms with Gasteiger partial charge in [-0.1, -0.05) is 30.3 Å². The molecule has 0 unspecified atom stereocenters. The largest absolute Gasteiger partial charge is 0.389 e. The molecule has 0 aliphatic carbocycles. The van der Waals surface area contributed by atoms with E-state index in [0.29, 0.717) is 6.54 Å². The molecular formula is C14H19N3O. The van der Waals surface area contributed by atoms with Crippen molar-refractivity contribution >= 4 is 5.69 Å². The van der Waals surface area contributed by atoms with E-state index in [0.717, 1.165) is 12.2 Å². The third kappa shape index (κ3) is 3.89. The van der Waals surface area contributed by atoms with E-state index >= 15 is 0 Å². The van der Waals surface area contributed by atoms with Crippen molar-refractivity contribution in [1.82, 2.24) is 9.78 Å². The Morgan fingerprint density at radius 1 is 1.28 bits per heavy atom. The highest BCUT2D eigenvalue weighted by Crippen LogP contribution is 2.10. The standard InChI is InChI=1S/C14H19N3O/c1-14(2,18)11-15-13-8-16-17(10-13)9-12-6-4-3-5-7-12/h3-8,10,15,18H,9,11H2,1-2H3. The molecule has 0 spiro atoms. The van der Waals surface area contributed by atoms with Crippen LogP contribution in [0.2, 0.25) is 0 Å². The van der Waals surface area contributed by atoms with Crippen LogP contribution in [0, 0.1) is 0 Å². The summed E-state index contributed by atoms with van der Waals surface area (Å²) < 4.78 is 1.88. The summed E-state index contributed by atoms with van der Waals surface area (Å²) in [7, 11) is 0. The number of hydrogen-bond donors (Lipinski definition) is 2. The van der Waals surface area contributed by atoms with Crippen LogP contribution in [0.25, 0.3) is 0 Å². The zero-order chi connectivity index (χ0) is 13.0. The van der Waals surface area contributed by atoms with Gasteiger partial charge in [0, 0.05) is 12.7 Å². The van der Waals surface area contributed by atoms with Gasteiger partial charge in [-0.25, -0.2) is 0 Å². The van der Waals surface area contributed by atoms with Crippen molar-refractivity contribution in [3.63, 3.8) is 0 Å². The fourth-order valence-electron chi connectivity index (χ4n) is 1.63. The Hall–Kier alpha value is -1.81. The van der Waals surface area contributed by atoms with Crippen LogP contribution in [0.5, 0.6) is 0 Å². The number of aliphatic hydroxyl groups is 1. The summed E-state index contributed by atoms with van der Waals surface area (Å²) in [6, 6.07) is 10.2. The number of benzene rings is 1. The molecule has 0 amide bonds. The average Bonchev–Trinajstić information content (AvgIpc) is 2.75. The highest BCUT2D eigenvalue weighted by molar-refractivity contribution is 5.38. The van der Waals surface area contributed by atoms with Crippen LogP contribution in [0.3, 0.4) is 0 Å². The summed E-state index contributed by atoms with van der Waals surface area (Å²) in [5.74, 6) is 0. The fraction of sp³-hybridized carbons (Fsp3) is 0.357. The number of nitrogens with zero attached hydrogens (tertiary/aromatic N) is 2. The Balaban J connectivity index is 1.94. The smallest absolute Gasteiger partial charge is 0.0763 e. The molecule has 4 heteroatoms. The van der Waals surface area contributed by atoms with Crippen molar-refractivity contribution in [2.45, 2.75) is 26.0 Å². The van der Waals surface area contributed by atoms with Gasteiger partial charge in [-0.2, -0.15) is 5.10 Å². The monoisotopic (exact) mass is 245 g/mol. The SMILES string of the molecule is CC(C)(O)CNc1cnn(Cc2ccccc2)c1. The summed E-state index contributed by atoms with van der Waals surface area (Å²) in [6.07, 6.45) is 3.72. The lowest BCUT2D eigenvalue weighted by Crippen LogP contribution is -2.29. The zero-order valence-corrected chi connectivity index (χ0v) is 10.8. The molecule has 4 nitrogen and oxygen atoms in total. The van der Waals surface area contributed by atoms with Crippen molar-refractivity contribution in [2.24, 2.45) is 0 Å². The van der Waals surface area contributed by atoms with Gasteiger partial charge in [-0.3, -0.25) is 4.68 Å². The van der Waals surface area contributed by atoms with Gasteiger partial charge in [0.1, 0.15) is 0 Å². The molecule has 0 bridgehead atoms. The van der Waals surface area contributed by atoms with Gasteiger partial charge in [0.25, 0.3) is 0 Å². The van der Waals surface area contributed by atoms with Crippen LogP contribution < -0.4 is 5.32 Å². The minimum absolute atomic E-state index is 0.504. The van der Waals surface area contributed by atoms with Gasteiger partial charge < -0.3 is 10.4 Å². The predicted molar refractivity (Wildman–Crippen MR) is 72.6 cm³/mol. The topological polar surface area (TPSA) is 50.1 Å². The maximum atomic E-state index is 9.63. The lowest BCUT2D eigenvalue weighted by Gasteiger charge is -2.17. The first-order chi connectivity index (χ1) is 8.53. The van der Waals surface area contributed by atoms with Crippen LogP contribution in [0.1, 0.15) is 19.4 Å². The minimum Gasteiger partial charge on any atom is -0.389 e. The molecule has 18 heavy (non-hydrogen) atoms. The number of aromatic nitrogens is 2. The van der Waals surface area contributed by atoms with Gasteiger partial charge >= 0.3 is 0 Å². The molecule has 0 radical (unpaired) electrons. The van der Waals surface area contributed by atoms with E-state index in [2.05, 4.69) is 22.5 Å². The van der Waals surface area contributed by atoms with E-state index in [1.807, 2.05) is 29.1 Å². The first kappa shape index (κ1) is 12.6. The highest BCUT2D eigenvalue weighted by Gasteiger charge is 2.11. The average molecular weight is 245 g/mol. The Morgan fingerprint density at radius 3 is 2.67 bits per heavy atom. The second kappa shape index (κ2) is 5.23. The molecule has 2 rings (SSSR count). The van der Waals surface area contributed by atoms with Crippen LogP contribution in [-0.2, 0) is 6.54 Å². The summed E-state index contributed by atoms with van der Waals surface area (Å²) in [6.45, 7) is 4.80. The molecule has 0 aliphatic rings. The number of hydrogen-bond acceptors (Lipinski definition) is 3. The van der Waals surface area contributed by atoms with E-state index in [4.69, 9.17) is 0 Å². The van der Waals surface area contributed by atoms with Crippen molar-refractivity contribution in [3.8, 4) is 0 Å². The fourth-order valence-corrected chi connectivity index (χ4v) is 1.63. The van der Waals surface area contributed by atoms with Gasteiger partial charge in [0.05, 0.1) is 24.0 Å². The maximum absolute atomic E-state index is 9.63. The lowest BCUT2D eigenvalue weighted by atomic mass is 10.1. The molecule has 0 saturated carbocycles. The molecule has 0 fully saturated rings. The van der Waals surface area contributed by atoms with Crippen molar-refractivity contribution in [3.05, 3.63) is 48.3 Å². The Kier molecular flexibility index (Phi) is 3.67. The summed E-state index contributed by atoms with van der Waals surface area (Å²) in [5, 5.41) is 17.1. The molecule has 1 heterocycles. The maximum Gasteiger partial charge on any atom is 0.0763 e. The molecule has 0 saturated heterocycles. The quantitative estimate of drug-likeness (QED) is 0.848. The predicted octanol–water partition coefficient (Wildman–Crippen LogP) is 2.11. The van der Waals surface area contributed by atoms with E-state index in [-0.39, 0.29) is 0 Å². The minimum atomic E-state index is -0.721. The summed E-state index contributed by atoms with van der Waals surface area (Å²) >= 11 is 0. The molecule has 1 aromatic heterocycles. The molecular weight excluding hydrogens is 226 g/mol. The van der Waals surface area contributed by atoms with Crippen LogP contribution in [-0.4, -0.2) is 27.0 Å². The summed E-state index contributed by atoms with van der Waals surface area (Å²) in [5.41, 5.74) is 1.42. The zero-order valence-electron chi connectivity index (χ0n) is 10.8. The molecule has 2 aromatic rings. The molecule has 96 valence electrons. The second-order valence-corrected chi connectivity index (χ2v) is 5.08. The van der Waals surface area contributed by atoms with E-state index < -0.39 is 5.60 Å². The molecule has 1 aromatic carbocycles. The normalized spacial score (nSPS) is 11.5. The molecule has 2 N–H and O–H groups in total. The first-order valence-corrected chi connectivity index (χ1v) is 6.05. The van der Waals surface area contributed by atoms with E-state index in [9.17, 15) is 5.11 Å². The summed E-state index contributed by atoms with van der Waals surface area (Å²) in [4.78, 5) is 0. The van der Waals surface area contributed by atoms with E-state index in [1.165, 1.54) is 5.56 Å². The second-order valence-electron chi connectivity index (χ2n) is 5.08. The van der Waals surface area contributed by atoms with E-state index in [1.54, 1.807) is 20.0 Å². The highest BCUT2D eigenvalue weighted by atomic mass is 16.3.